The van der Waals surface area contributed by atoms with Crippen LogP contribution in [0.4, 0.5) is 5.69 Å². The van der Waals surface area contributed by atoms with E-state index in [0.29, 0.717) is 38.7 Å². The van der Waals surface area contributed by atoms with Gasteiger partial charge in [-0.15, -0.1) is 11.3 Å². The van der Waals surface area contributed by atoms with E-state index in [9.17, 15) is 9.59 Å². The van der Waals surface area contributed by atoms with Crippen molar-refractivity contribution in [3.05, 3.63) is 47.0 Å². The number of amides is 2. The zero-order valence-corrected chi connectivity index (χ0v) is 19.5. The Morgan fingerprint density at radius 2 is 1.94 bits per heavy atom. The number of nitrogens with zero attached hydrogens (tertiary/aromatic N) is 4. The molecule has 5 rings (SSSR count). The van der Waals surface area contributed by atoms with E-state index in [0.717, 1.165) is 41.9 Å². The molecule has 2 aliphatic heterocycles. The van der Waals surface area contributed by atoms with Crippen molar-refractivity contribution in [1.29, 1.82) is 0 Å². The number of thiazole rings is 1. The molecule has 0 radical (unpaired) electrons. The Kier molecular flexibility index (Phi) is 6.93. The number of hydrogen-bond donors (Lipinski definition) is 2. The summed E-state index contributed by atoms with van der Waals surface area (Å²) in [6.45, 7) is 2.59. The predicted octanol–water partition coefficient (Wildman–Crippen LogP) is 2.70. The van der Waals surface area contributed by atoms with Gasteiger partial charge in [0.2, 0.25) is 0 Å². The molecule has 0 unspecified atom stereocenters. The molecular formula is C23H26N6O4S. The van der Waals surface area contributed by atoms with Crippen LogP contribution in [0.25, 0.3) is 10.6 Å². The SMILES string of the molecule is O=C1Nc2cn(C3CCOCC3)nc2C(=O)NCCOCCCc2cc(ccn2)-c2nc1cs2. The lowest BCUT2D eigenvalue weighted by molar-refractivity contribution is 0.0660. The lowest BCUT2D eigenvalue weighted by Crippen LogP contribution is -2.29. The number of fused-ring (bicyclic) bond motifs is 6. The number of carbonyl (C=O) groups excluding carboxylic acids is 2. The predicted molar refractivity (Wildman–Crippen MR) is 126 cm³/mol. The van der Waals surface area contributed by atoms with E-state index >= 15 is 0 Å². The molecule has 3 aromatic rings. The zero-order valence-electron chi connectivity index (χ0n) is 18.7. The van der Waals surface area contributed by atoms with E-state index in [1.807, 2.05) is 12.1 Å². The van der Waals surface area contributed by atoms with Crippen LogP contribution < -0.4 is 10.6 Å². The quantitative estimate of drug-likeness (QED) is 0.547. The fourth-order valence-electron chi connectivity index (χ4n) is 4.01. The Morgan fingerprint density at radius 3 is 2.82 bits per heavy atom. The van der Waals surface area contributed by atoms with Crippen molar-refractivity contribution in [3.63, 3.8) is 0 Å². The summed E-state index contributed by atoms with van der Waals surface area (Å²) in [6.07, 6.45) is 6.67. The largest absolute Gasteiger partial charge is 0.381 e. The molecule has 2 N–H and O–H groups in total. The third-order valence-electron chi connectivity index (χ3n) is 5.81. The Bertz CT molecular complexity index is 1170. The van der Waals surface area contributed by atoms with Crippen LogP contribution in [0.1, 0.15) is 52.0 Å². The topological polar surface area (TPSA) is 120 Å². The van der Waals surface area contributed by atoms with E-state index in [1.54, 1.807) is 22.5 Å². The molecule has 2 aliphatic rings. The van der Waals surface area contributed by atoms with E-state index in [-0.39, 0.29) is 29.2 Å². The first-order valence-corrected chi connectivity index (χ1v) is 12.3. The molecule has 0 spiro atoms. The number of aryl methyl sites for hydroxylation is 1. The summed E-state index contributed by atoms with van der Waals surface area (Å²) >= 11 is 1.39. The average Bonchev–Trinajstić information content (AvgIpc) is 3.52. The van der Waals surface area contributed by atoms with E-state index in [2.05, 4.69) is 25.7 Å². The van der Waals surface area contributed by atoms with Gasteiger partial charge in [0.1, 0.15) is 10.7 Å². The van der Waals surface area contributed by atoms with Crippen molar-refractivity contribution < 1.29 is 19.1 Å². The summed E-state index contributed by atoms with van der Waals surface area (Å²) in [5.41, 5.74) is 2.69. The molecule has 2 amide bonds. The number of hydrogen-bond acceptors (Lipinski definition) is 8. The zero-order chi connectivity index (χ0) is 23.3. The maximum atomic E-state index is 13.0. The molecule has 0 atom stereocenters. The first-order valence-electron chi connectivity index (χ1n) is 11.4. The lowest BCUT2D eigenvalue weighted by Gasteiger charge is -2.22. The highest BCUT2D eigenvalue weighted by molar-refractivity contribution is 7.13. The van der Waals surface area contributed by atoms with Gasteiger partial charge in [-0.1, -0.05) is 0 Å². The van der Waals surface area contributed by atoms with Crippen LogP contribution in [-0.4, -0.2) is 64.5 Å². The van der Waals surface area contributed by atoms with Crippen molar-refractivity contribution in [3.8, 4) is 10.6 Å². The fourth-order valence-corrected chi connectivity index (χ4v) is 4.81. The molecule has 11 heteroatoms. The van der Waals surface area contributed by atoms with Gasteiger partial charge in [-0.05, 0) is 37.8 Å². The van der Waals surface area contributed by atoms with Crippen LogP contribution in [0.2, 0.25) is 0 Å². The molecular weight excluding hydrogens is 456 g/mol. The Morgan fingerprint density at radius 1 is 1.09 bits per heavy atom. The van der Waals surface area contributed by atoms with Crippen molar-refractivity contribution in [2.24, 2.45) is 0 Å². The molecule has 1 saturated heterocycles. The van der Waals surface area contributed by atoms with Gasteiger partial charge in [-0.25, -0.2) is 4.98 Å². The van der Waals surface area contributed by atoms with Gasteiger partial charge >= 0.3 is 0 Å². The van der Waals surface area contributed by atoms with E-state index in [4.69, 9.17) is 9.47 Å². The van der Waals surface area contributed by atoms with Crippen LogP contribution >= 0.6 is 11.3 Å². The average molecular weight is 483 g/mol. The maximum Gasteiger partial charge on any atom is 0.275 e. The van der Waals surface area contributed by atoms with Crippen LogP contribution in [0.3, 0.4) is 0 Å². The van der Waals surface area contributed by atoms with Crippen molar-refractivity contribution >= 4 is 28.8 Å². The molecule has 1 fully saturated rings. The molecule has 0 aliphatic carbocycles. The fraction of sp³-hybridized carbons (Fsp3) is 0.435. The summed E-state index contributed by atoms with van der Waals surface area (Å²) in [4.78, 5) is 34.9. The Labute approximate surface area is 200 Å². The molecule has 0 saturated carbocycles. The standard InChI is InChI=1S/C23H26N6O4S/c30-21-19-14-34-23(27-19)15-3-6-24-16(12-15)2-1-8-32-11-7-25-22(31)20-18(26-21)13-29(28-20)17-4-9-33-10-5-17/h3,6,12-14,17H,1-2,4-5,7-11H2,(H,25,31)(H,26,30). The van der Waals surface area contributed by atoms with Crippen LogP contribution in [-0.2, 0) is 15.9 Å². The van der Waals surface area contributed by atoms with Crippen molar-refractivity contribution in [2.75, 3.05) is 38.3 Å². The van der Waals surface area contributed by atoms with Gasteiger partial charge in [0.25, 0.3) is 11.8 Å². The Balaban J connectivity index is 1.44. The molecule has 0 aromatic carbocycles. The number of anilines is 1. The lowest BCUT2D eigenvalue weighted by atomic mass is 10.1. The highest BCUT2D eigenvalue weighted by atomic mass is 32.1. The number of pyridine rings is 1. The smallest absolute Gasteiger partial charge is 0.275 e. The highest BCUT2D eigenvalue weighted by Gasteiger charge is 2.24. The minimum atomic E-state index is -0.387. The summed E-state index contributed by atoms with van der Waals surface area (Å²) in [6, 6.07) is 4.00. The third kappa shape index (κ3) is 5.16. The van der Waals surface area contributed by atoms with E-state index < -0.39 is 0 Å². The van der Waals surface area contributed by atoms with E-state index in [1.165, 1.54) is 11.3 Å². The summed E-state index contributed by atoms with van der Waals surface area (Å²) < 4.78 is 12.9. The minimum Gasteiger partial charge on any atom is -0.381 e. The van der Waals surface area contributed by atoms with Crippen LogP contribution in [0, 0.1) is 0 Å². The van der Waals surface area contributed by atoms with Crippen molar-refractivity contribution in [1.82, 2.24) is 25.1 Å². The number of nitrogens with one attached hydrogen (secondary N) is 2. The highest BCUT2D eigenvalue weighted by Crippen LogP contribution is 2.27. The van der Waals surface area contributed by atoms with Gasteiger partial charge in [-0.3, -0.25) is 19.3 Å². The summed E-state index contributed by atoms with van der Waals surface area (Å²) in [5, 5.41) is 12.7. The number of rotatable bonds is 1. The van der Waals surface area contributed by atoms with Crippen LogP contribution in [0.15, 0.2) is 29.9 Å². The molecule has 4 bridgehead atoms. The second kappa shape index (κ2) is 10.4. The molecule has 5 heterocycles. The minimum absolute atomic E-state index is 0.114. The number of ether oxygens (including phenoxy) is 2. The number of aromatic nitrogens is 4. The van der Waals surface area contributed by atoms with Crippen molar-refractivity contribution in [2.45, 2.75) is 31.7 Å². The third-order valence-corrected chi connectivity index (χ3v) is 6.71. The van der Waals surface area contributed by atoms with Gasteiger partial charge < -0.3 is 20.1 Å². The first kappa shape index (κ1) is 22.6. The van der Waals surface area contributed by atoms with Gasteiger partial charge in [0.05, 0.1) is 18.3 Å². The molecule has 10 nitrogen and oxygen atoms in total. The number of carbonyl (C=O) groups is 2. The van der Waals surface area contributed by atoms with Crippen LogP contribution in [0.5, 0.6) is 0 Å². The molecule has 3 aromatic heterocycles. The van der Waals surface area contributed by atoms with Gasteiger partial charge in [0, 0.05) is 55.4 Å². The molecule has 178 valence electrons. The second-order valence-electron chi connectivity index (χ2n) is 8.21. The normalized spacial score (nSPS) is 18.4. The Hall–Kier alpha value is -3.15. The molecule has 34 heavy (non-hydrogen) atoms. The summed E-state index contributed by atoms with van der Waals surface area (Å²) in [7, 11) is 0. The second-order valence-corrected chi connectivity index (χ2v) is 9.07. The monoisotopic (exact) mass is 482 g/mol. The first-order chi connectivity index (χ1) is 16.7. The summed E-state index contributed by atoms with van der Waals surface area (Å²) in [5.74, 6) is -0.745. The van der Waals surface area contributed by atoms with Gasteiger partial charge in [-0.2, -0.15) is 5.10 Å². The maximum absolute atomic E-state index is 13.0. The van der Waals surface area contributed by atoms with Gasteiger partial charge in [0.15, 0.2) is 5.69 Å².